The molecule has 0 unspecified atom stereocenters. The number of rotatable bonds is 12. The number of thiocarbonyl (C=S) groups is 1. The zero-order valence-corrected chi connectivity index (χ0v) is 30.9. The highest BCUT2D eigenvalue weighted by atomic mass is 35.5. The normalized spacial score (nSPS) is 17.2. The molecule has 0 saturated carbocycles. The molecule has 2 aliphatic heterocycles. The Kier molecular flexibility index (Phi) is 11.9. The third-order valence-corrected chi connectivity index (χ3v) is 11.6. The highest BCUT2D eigenvalue weighted by Crippen LogP contribution is 2.46. The summed E-state index contributed by atoms with van der Waals surface area (Å²) in [6.45, 7) is 6.63. The molecule has 1 amide bonds. The fourth-order valence-electron chi connectivity index (χ4n) is 5.51. The molecule has 0 atom stereocenters. The molecule has 0 aliphatic carbocycles. The number of nitrogens with zero attached hydrogens (tertiary/aromatic N) is 5. The number of carbonyl (C=O) groups excluding carboxylic acids is 1. The molecule has 0 spiro atoms. The Bertz CT molecular complexity index is 2310. The van der Waals surface area contributed by atoms with Crippen LogP contribution in [0.3, 0.4) is 0 Å². The number of fused-ring (bicyclic) bond motifs is 1. The molecule has 3 aromatic rings. The highest BCUT2D eigenvalue weighted by Gasteiger charge is 2.34. The van der Waals surface area contributed by atoms with E-state index in [0.717, 1.165) is 33.2 Å². The van der Waals surface area contributed by atoms with Gasteiger partial charge in [0.1, 0.15) is 26.3 Å². The van der Waals surface area contributed by atoms with Gasteiger partial charge in [0, 0.05) is 18.6 Å². The zero-order valence-electron chi connectivity index (χ0n) is 26.9. The third kappa shape index (κ3) is 8.61. The Morgan fingerprint density at radius 1 is 1.12 bits per heavy atom. The predicted molar refractivity (Wildman–Crippen MR) is 203 cm³/mol. The first-order chi connectivity index (χ1) is 24.2. The van der Waals surface area contributed by atoms with Crippen LogP contribution in [0.4, 0.5) is 17.1 Å². The number of amides is 1. The fraction of sp³-hybridized carbons (Fsp3) is 0.242. The van der Waals surface area contributed by atoms with Crippen molar-refractivity contribution < 1.29 is 32.8 Å². The molecular formula is C33H30ClN5O8S4. The Labute approximate surface area is 311 Å². The second kappa shape index (κ2) is 15.9. The van der Waals surface area contributed by atoms with Crippen molar-refractivity contribution in [2.75, 3.05) is 42.3 Å². The van der Waals surface area contributed by atoms with Crippen LogP contribution in [0.2, 0.25) is 5.02 Å². The van der Waals surface area contributed by atoms with Gasteiger partial charge in [-0.05, 0) is 48.3 Å². The number of aliphatic hydroxyl groups is 1. The number of benzene rings is 2. The molecule has 13 nitrogen and oxygen atoms in total. The number of aromatic nitrogens is 1. The average molecular weight is 788 g/mol. The van der Waals surface area contributed by atoms with Crippen molar-refractivity contribution in [2.24, 2.45) is 0 Å². The van der Waals surface area contributed by atoms with Gasteiger partial charge in [-0.25, -0.2) is 4.85 Å². The topological polar surface area (TPSA) is 165 Å². The quantitative estimate of drug-likeness (QED) is 0.140. The van der Waals surface area contributed by atoms with Crippen molar-refractivity contribution >= 4 is 101 Å². The molecule has 1 aromatic heterocycles. The number of carboxylic acids is 1. The summed E-state index contributed by atoms with van der Waals surface area (Å²) in [5.74, 6) is -1.70. The third-order valence-electron chi connectivity index (χ3n) is 7.80. The van der Waals surface area contributed by atoms with Gasteiger partial charge in [-0.15, -0.1) is 11.3 Å². The molecule has 5 rings (SSSR count). The van der Waals surface area contributed by atoms with Crippen LogP contribution in [0.5, 0.6) is 0 Å². The van der Waals surface area contributed by atoms with Gasteiger partial charge in [0.2, 0.25) is 5.69 Å². The van der Waals surface area contributed by atoms with Gasteiger partial charge in [0.05, 0.1) is 41.4 Å². The number of carbonyl (C=O) groups is 2. The van der Waals surface area contributed by atoms with Crippen LogP contribution in [0.15, 0.2) is 70.8 Å². The fourth-order valence-corrected chi connectivity index (χ4v) is 8.78. The molecular weight excluding hydrogens is 758 g/mol. The summed E-state index contributed by atoms with van der Waals surface area (Å²) in [4.78, 5) is 47.2. The lowest BCUT2D eigenvalue weighted by atomic mass is 10.0. The number of thiazole rings is 1. The summed E-state index contributed by atoms with van der Waals surface area (Å²) in [5.41, 5.74) is 2.41. The SMILES string of the molecule is [C-]#[N+]c1cc2c(cc1Cl)N(C)C(=CC=C(C=c1s/c(=C3/SC(=S)N(CCO)C3=O)n(CC(=O)O)c1=O)Cc1ccccc1)N2CCCS(=O)(=O)O. The molecule has 51 heavy (non-hydrogen) atoms. The summed E-state index contributed by atoms with van der Waals surface area (Å²) in [6.07, 6.45) is 5.60. The first-order valence-electron chi connectivity index (χ1n) is 15.2. The van der Waals surface area contributed by atoms with E-state index in [0.29, 0.717) is 29.2 Å². The summed E-state index contributed by atoms with van der Waals surface area (Å²) in [5, 5.41) is 19.3. The lowest BCUT2D eigenvalue weighted by Gasteiger charge is -2.22. The molecule has 0 radical (unpaired) electrons. The van der Waals surface area contributed by atoms with Crippen molar-refractivity contribution in [3.63, 3.8) is 0 Å². The lowest BCUT2D eigenvalue weighted by molar-refractivity contribution is -0.137. The van der Waals surface area contributed by atoms with Crippen molar-refractivity contribution in [2.45, 2.75) is 19.4 Å². The minimum atomic E-state index is -4.23. The molecule has 2 aromatic carbocycles. The molecule has 3 N–H and O–H groups in total. The Morgan fingerprint density at radius 2 is 1.84 bits per heavy atom. The van der Waals surface area contributed by atoms with E-state index in [9.17, 15) is 37.6 Å². The maximum absolute atomic E-state index is 13.8. The van der Waals surface area contributed by atoms with Crippen LogP contribution in [0.1, 0.15) is 12.0 Å². The number of halogens is 1. The van der Waals surface area contributed by atoms with Crippen molar-refractivity contribution in [3.8, 4) is 0 Å². The zero-order chi connectivity index (χ0) is 37.0. The number of hydrogen-bond donors (Lipinski definition) is 3. The van der Waals surface area contributed by atoms with E-state index in [1.165, 1.54) is 4.90 Å². The highest BCUT2D eigenvalue weighted by molar-refractivity contribution is 8.30. The molecule has 18 heteroatoms. The number of thioether (sulfide) groups is 1. The summed E-state index contributed by atoms with van der Waals surface area (Å²) >= 11 is 13.6. The van der Waals surface area contributed by atoms with E-state index in [1.54, 1.807) is 37.4 Å². The van der Waals surface area contributed by atoms with Gasteiger partial charge in [-0.3, -0.25) is 28.4 Å². The molecule has 2 aliphatic rings. The Hall–Kier alpha value is -4.28. The van der Waals surface area contributed by atoms with Gasteiger partial charge in [0.25, 0.3) is 21.6 Å². The maximum atomic E-state index is 13.8. The van der Waals surface area contributed by atoms with Crippen LogP contribution in [-0.4, -0.2) is 81.3 Å². The van der Waals surface area contributed by atoms with E-state index in [2.05, 4.69) is 4.85 Å². The van der Waals surface area contributed by atoms with E-state index >= 15 is 0 Å². The predicted octanol–water partition coefficient (Wildman–Crippen LogP) is 3.18. The standard InChI is InChI=1S/C33H30ClN5O8S4/c1-35-23-18-25-24(17-22(23)34)36(2)27(37(25)11-6-14-51(45,46)47)10-9-21(15-20-7-4-3-5-8-20)16-26-30(43)39(19-28(41)42)32(49-26)29-31(44)38(12-13-40)33(48)50-29/h3-5,7-10,16-18,40H,6,11-15,19H2,2H3,(H,41,42)(H,45,46,47)/b21-9?,26-16?,27-10?,32-29+. The van der Waals surface area contributed by atoms with Gasteiger partial charge in [-0.2, -0.15) is 8.42 Å². The number of carboxylic acid groups (broad SMARTS) is 1. The molecule has 0 bridgehead atoms. The van der Waals surface area contributed by atoms with Crippen LogP contribution in [0.25, 0.3) is 15.8 Å². The number of aliphatic hydroxyl groups excluding tert-OH is 1. The first-order valence-corrected chi connectivity index (χ1v) is 19.2. The minimum absolute atomic E-state index is 0.0448. The second-order valence-corrected chi connectivity index (χ2v) is 15.9. The Morgan fingerprint density at radius 3 is 2.49 bits per heavy atom. The summed E-state index contributed by atoms with van der Waals surface area (Å²) in [6, 6.07) is 12.7. The number of anilines is 2. The van der Waals surface area contributed by atoms with E-state index < -0.39 is 39.9 Å². The second-order valence-electron chi connectivity index (χ2n) is 11.3. The largest absolute Gasteiger partial charge is 0.480 e. The average Bonchev–Trinajstić information content (AvgIpc) is 3.62. The number of β-amino-alcohol motifs (C(OH)–C–C–N with tert-alkyl or cyclic N) is 1. The smallest absolute Gasteiger partial charge is 0.323 e. The maximum Gasteiger partial charge on any atom is 0.323 e. The van der Waals surface area contributed by atoms with Gasteiger partial charge >= 0.3 is 5.97 Å². The van der Waals surface area contributed by atoms with Crippen LogP contribution in [-0.2, 0) is 32.7 Å². The lowest BCUT2D eigenvalue weighted by Crippen LogP contribution is -2.36. The molecule has 3 heterocycles. The van der Waals surface area contributed by atoms with Gasteiger partial charge in [0.15, 0.2) is 0 Å². The van der Waals surface area contributed by atoms with Crippen molar-refractivity contribution in [1.82, 2.24) is 9.47 Å². The number of hydrogen-bond acceptors (Lipinski definition) is 11. The van der Waals surface area contributed by atoms with Gasteiger partial charge in [-0.1, -0.05) is 72.0 Å². The first kappa shape index (κ1) is 38.0. The van der Waals surface area contributed by atoms with E-state index in [4.69, 9.17) is 30.4 Å². The van der Waals surface area contributed by atoms with Gasteiger partial charge < -0.3 is 20.0 Å². The Balaban J connectivity index is 1.68. The van der Waals surface area contributed by atoms with Crippen LogP contribution >= 0.6 is 46.9 Å². The van der Waals surface area contributed by atoms with Crippen LogP contribution in [0, 0.1) is 6.57 Å². The van der Waals surface area contributed by atoms with E-state index in [-0.39, 0.29) is 55.2 Å². The minimum Gasteiger partial charge on any atom is -0.480 e. The molecule has 1 saturated heterocycles. The number of allylic oxidation sites excluding steroid dienone is 3. The monoisotopic (exact) mass is 787 g/mol. The van der Waals surface area contributed by atoms with Crippen LogP contribution < -0.4 is 24.6 Å². The molecule has 266 valence electrons. The summed E-state index contributed by atoms with van der Waals surface area (Å²) in [7, 11) is -2.45. The summed E-state index contributed by atoms with van der Waals surface area (Å²) < 4.78 is 33.9. The van der Waals surface area contributed by atoms with Crippen molar-refractivity contribution in [1.29, 1.82) is 0 Å². The molecule has 1 fully saturated rings. The van der Waals surface area contributed by atoms with E-state index in [1.807, 2.05) is 40.1 Å². The van der Waals surface area contributed by atoms with Crippen molar-refractivity contribution in [3.05, 3.63) is 108 Å². The number of aliphatic carboxylic acids is 1.